The number of hydrogen-bond donors (Lipinski definition) is 1. The van der Waals surface area contributed by atoms with Crippen LogP contribution in [0, 0.1) is 6.92 Å². The lowest BCUT2D eigenvalue weighted by Gasteiger charge is -2.13. The van der Waals surface area contributed by atoms with E-state index in [1.165, 1.54) is 6.26 Å². The Kier molecular flexibility index (Phi) is 3.89. The van der Waals surface area contributed by atoms with Crippen LogP contribution in [0.5, 0.6) is 0 Å². The van der Waals surface area contributed by atoms with E-state index < -0.39 is 0 Å². The second-order valence-electron chi connectivity index (χ2n) is 5.34. The van der Waals surface area contributed by atoms with E-state index in [0.29, 0.717) is 28.5 Å². The van der Waals surface area contributed by atoms with E-state index in [1.807, 2.05) is 43.3 Å². The molecule has 1 aromatic carbocycles. The predicted molar refractivity (Wildman–Crippen MR) is 87.7 cm³/mol. The van der Waals surface area contributed by atoms with Gasteiger partial charge in [0.15, 0.2) is 11.5 Å². The summed E-state index contributed by atoms with van der Waals surface area (Å²) >= 11 is 0. The zero-order valence-electron chi connectivity index (χ0n) is 13.2. The lowest BCUT2D eigenvalue weighted by atomic mass is 10.1. The first-order valence-corrected chi connectivity index (χ1v) is 7.15. The number of aryl methyl sites for hydroxylation is 1. The molecule has 1 amide bonds. The molecule has 3 aromatic rings. The van der Waals surface area contributed by atoms with E-state index in [9.17, 15) is 4.79 Å². The van der Waals surface area contributed by atoms with Crippen LogP contribution in [0.3, 0.4) is 0 Å². The quantitative estimate of drug-likeness (QED) is 0.797. The Labute approximate surface area is 133 Å². The number of amides is 1. The molecule has 0 saturated heterocycles. The Balaban J connectivity index is 1.85. The van der Waals surface area contributed by atoms with Crippen LogP contribution < -0.4 is 10.2 Å². The first-order chi connectivity index (χ1) is 11.1. The Morgan fingerprint density at radius 3 is 2.52 bits per heavy atom. The molecule has 2 aromatic heterocycles. The Hall–Kier alpha value is -3.02. The van der Waals surface area contributed by atoms with Crippen LogP contribution in [0.4, 0.5) is 11.4 Å². The van der Waals surface area contributed by atoms with Gasteiger partial charge in [0.1, 0.15) is 11.3 Å². The van der Waals surface area contributed by atoms with Gasteiger partial charge in [0.25, 0.3) is 5.91 Å². The molecule has 6 heteroatoms. The van der Waals surface area contributed by atoms with Gasteiger partial charge in [0.2, 0.25) is 0 Å². The number of anilines is 2. The number of carbonyl (C=O) groups is 1. The average molecular weight is 311 g/mol. The average Bonchev–Trinajstić information content (AvgIpc) is 3.16. The number of carbonyl (C=O) groups excluding carboxylic acids is 1. The molecule has 0 aliphatic carbocycles. The smallest absolute Gasteiger partial charge is 0.261 e. The van der Waals surface area contributed by atoms with E-state index in [0.717, 1.165) is 5.69 Å². The van der Waals surface area contributed by atoms with E-state index in [2.05, 4.69) is 10.5 Å². The van der Waals surface area contributed by atoms with Crippen molar-refractivity contribution in [1.29, 1.82) is 0 Å². The van der Waals surface area contributed by atoms with Gasteiger partial charge in [0, 0.05) is 25.5 Å². The Bertz CT molecular complexity index is 802. The summed E-state index contributed by atoms with van der Waals surface area (Å²) in [6.07, 6.45) is 1.53. The summed E-state index contributed by atoms with van der Waals surface area (Å²) in [4.78, 5) is 14.6. The summed E-state index contributed by atoms with van der Waals surface area (Å²) in [6, 6.07) is 11.0. The third kappa shape index (κ3) is 2.96. The highest BCUT2D eigenvalue weighted by atomic mass is 16.5. The summed E-state index contributed by atoms with van der Waals surface area (Å²) in [5.41, 5.74) is 2.53. The van der Waals surface area contributed by atoms with Gasteiger partial charge in [-0.3, -0.25) is 4.79 Å². The summed E-state index contributed by atoms with van der Waals surface area (Å²) in [6.45, 7) is 1.70. The molecule has 118 valence electrons. The number of aromatic nitrogens is 1. The van der Waals surface area contributed by atoms with Crippen molar-refractivity contribution < 1.29 is 13.7 Å². The fourth-order valence-electron chi connectivity index (χ4n) is 2.26. The largest absolute Gasteiger partial charge is 0.463 e. The van der Waals surface area contributed by atoms with Crippen molar-refractivity contribution in [2.45, 2.75) is 6.92 Å². The number of nitrogens with zero attached hydrogens (tertiary/aromatic N) is 2. The molecule has 0 saturated carbocycles. The number of benzene rings is 1. The molecule has 3 rings (SSSR count). The monoisotopic (exact) mass is 311 g/mol. The Morgan fingerprint density at radius 1 is 1.17 bits per heavy atom. The maximum atomic E-state index is 12.6. The lowest BCUT2D eigenvalue weighted by Crippen LogP contribution is -2.14. The molecule has 0 aliphatic rings. The van der Waals surface area contributed by atoms with Gasteiger partial charge in [-0.05, 0) is 43.3 Å². The van der Waals surface area contributed by atoms with Crippen molar-refractivity contribution in [3.05, 3.63) is 54.0 Å². The van der Waals surface area contributed by atoms with Gasteiger partial charge in [0.05, 0.1) is 6.26 Å². The summed E-state index contributed by atoms with van der Waals surface area (Å²) < 4.78 is 10.5. The first kappa shape index (κ1) is 14.9. The number of furan rings is 1. The van der Waals surface area contributed by atoms with Crippen LogP contribution >= 0.6 is 0 Å². The van der Waals surface area contributed by atoms with Crippen molar-refractivity contribution in [3.8, 4) is 11.5 Å². The number of hydrogen-bond acceptors (Lipinski definition) is 5. The van der Waals surface area contributed by atoms with Crippen molar-refractivity contribution in [3.63, 3.8) is 0 Å². The Morgan fingerprint density at radius 2 is 1.91 bits per heavy atom. The molecular formula is C17H17N3O3. The van der Waals surface area contributed by atoms with Crippen LogP contribution in [-0.4, -0.2) is 25.2 Å². The van der Waals surface area contributed by atoms with Crippen molar-refractivity contribution >= 4 is 17.3 Å². The molecule has 2 heterocycles. The van der Waals surface area contributed by atoms with E-state index in [4.69, 9.17) is 8.94 Å². The second-order valence-corrected chi connectivity index (χ2v) is 5.34. The zero-order chi connectivity index (χ0) is 16.4. The van der Waals surface area contributed by atoms with Gasteiger partial charge in [-0.15, -0.1) is 0 Å². The zero-order valence-corrected chi connectivity index (χ0v) is 13.2. The van der Waals surface area contributed by atoms with Gasteiger partial charge in [-0.1, -0.05) is 5.16 Å². The van der Waals surface area contributed by atoms with Crippen molar-refractivity contribution in [2.24, 2.45) is 0 Å². The lowest BCUT2D eigenvalue weighted by molar-refractivity contribution is 0.102. The maximum absolute atomic E-state index is 12.6. The van der Waals surface area contributed by atoms with Crippen LogP contribution in [-0.2, 0) is 0 Å². The van der Waals surface area contributed by atoms with E-state index >= 15 is 0 Å². The first-order valence-electron chi connectivity index (χ1n) is 7.15. The summed E-state index contributed by atoms with van der Waals surface area (Å²) in [5, 5.41) is 6.78. The molecule has 0 fully saturated rings. The van der Waals surface area contributed by atoms with Gasteiger partial charge in [-0.2, -0.15) is 0 Å². The fourth-order valence-corrected chi connectivity index (χ4v) is 2.26. The van der Waals surface area contributed by atoms with Crippen LogP contribution in [0.15, 0.2) is 51.6 Å². The van der Waals surface area contributed by atoms with Gasteiger partial charge in [-0.25, -0.2) is 0 Å². The summed E-state index contributed by atoms with van der Waals surface area (Å²) in [7, 11) is 3.92. The van der Waals surface area contributed by atoms with E-state index in [1.54, 1.807) is 19.1 Å². The SMILES string of the molecule is Cc1onc(-c2ccco2)c1C(=O)Nc1ccc(N(C)C)cc1. The van der Waals surface area contributed by atoms with Crippen LogP contribution in [0.25, 0.3) is 11.5 Å². The molecule has 0 aliphatic heterocycles. The van der Waals surface area contributed by atoms with Crippen molar-refractivity contribution in [2.75, 3.05) is 24.3 Å². The van der Waals surface area contributed by atoms with Gasteiger partial charge >= 0.3 is 0 Å². The molecule has 0 atom stereocenters. The molecular weight excluding hydrogens is 294 g/mol. The summed E-state index contributed by atoms with van der Waals surface area (Å²) in [5.74, 6) is 0.654. The van der Waals surface area contributed by atoms with E-state index in [-0.39, 0.29) is 5.91 Å². The highest BCUT2D eigenvalue weighted by Gasteiger charge is 2.23. The minimum absolute atomic E-state index is 0.284. The minimum atomic E-state index is -0.284. The maximum Gasteiger partial charge on any atom is 0.261 e. The molecule has 0 bridgehead atoms. The number of nitrogens with one attached hydrogen (secondary N) is 1. The highest BCUT2D eigenvalue weighted by molar-refractivity contribution is 6.08. The van der Waals surface area contributed by atoms with Crippen LogP contribution in [0.1, 0.15) is 16.1 Å². The number of rotatable bonds is 4. The third-order valence-corrected chi connectivity index (χ3v) is 3.49. The molecule has 0 radical (unpaired) electrons. The molecule has 23 heavy (non-hydrogen) atoms. The topological polar surface area (TPSA) is 71.5 Å². The normalized spacial score (nSPS) is 10.6. The minimum Gasteiger partial charge on any atom is -0.463 e. The molecule has 6 nitrogen and oxygen atoms in total. The molecule has 1 N–H and O–H groups in total. The van der Waals surface area contributed by atoms with Crippen molar-refractivity contribution in [1.82, 2.24) is 5.16 Å². The molecule has 0 unspecified atom stereocenters. The fraction of sp³-hybridized carbons (Fsp3) is 0.176. The van der Waals surface area contributed by atoms with Crippen LogP contribution in [0.2, 0.25) is 0 Å². The van der Waals surface area contributed by atoms with Gasteiger partial charge < -0.3 is 19.2 Å². The predicted octanol–water partition coefficient (Wildman–Crippen LogP) is 3.56. The molecule has 0 spiro atoms. The highest BCUT2D eigenvalue weighted by Crippen LogP contribution is 2.26. The standard InChI is InChI=1S/C17H17N3O3/c1-11-15(16(19-23-11)14-5-4-10-22-14)17(21)18-12-6-8-13(9-7-12)20(2)3/h4-10H,1-3H3,(H,18,21). The second kappa shape index (κ2) is 6.00. The third-order valence-electron chi connectivity index (χ3n) is 3.49.